The van der Waals surface area contributed by atoms with E-state index in [0.29, 0.717) is 15.9 Å². The van der Waals surface area contributed by atoms with Crippen LogP contribution in [0.25, 0.3) is 0 Å². The molecule has 13 heavy (non-hydrogen) atoms. The third-order valence-corrected chi connectivity index (χ3v) is 2.33. The van der Waals surface area contributed by atoms with Crippen molar-refractivity contribution in [3.8, 4) is 0 Å². The maximum atomic E-state index is 12.5. The van der Waals surface area contributed by atoms with Crippen molar-refractivity contribution in [3.05, 3.63) is 27.5 Å². The third kappa shape index (κ3) is 2.22. The number of nitrogens with two attached hydrogens (primary N) is 1. The van der Waals surface area contributed by atoms with E-state index in [1.165, 1.54) is 6.07 Å². The molecule has 0 atom stereocenters. The Labute approximate surface area is 83.3 Å². The zero-order valence-corrected chi connectivity index (χ0v) is 8.61. The lowest BCUT2D eigenvalue weighted by Crippen LogP contribution is -2.05. The number of halogens is 3. The fourth-order valence-electron chi connectivity index (χ4n) is 1.08. The predicted octanol–water partition coefficient (Wildman–Crippen LogP) is 2.55. The molecule has 0 fully saturated rings. The van der Waals surface area contributed by atoms with Gasteiger partial charge in [-0.2, -0.15) is 0 Å². The molecular weight excluding hydrogens is 242 g/mol. The summed E-state index contributed by atoms with van der Waals surface area (Å²) in [4.78, 5) is 3.99. The highest BCUT2D eigenvalue weighted by molar-refractivity contribution is 9.10. The second-order valence-electron chi connectivity index (χ2n) is 2.63. The highest BCUT2D eigenvalue weighted by atomic mass is 79.9. The summed E-state index contributed by atoms with van der Waals surface area (Å²) in [5, 5.41) is 0. The minimum Gasteiger partial charge on any atom is -0.326 e. The number of alkyl halides is 2. The van der Waals surface area contributed by atoms with Gasteiger partial charge in [-0.15, -0.1) is 0 Å². The van der Waals surface area contributed by atoms with Gasteiger partial charge in [-0.1, -0.05) is 0 Å². The van der Waals surface area contributed by atoms with Crippen LogP contribution in [0.2, 0.25) is 0 Å². The van der Waals surface area contributed by atoms with Crippen molar-refractivity contribution in [1.82, 2.24) is 4.98 Å². The van der Waals surface area contributed by atoms with Crippen molar-refractivity contribution in [2.45, 2.75) is 19.9 Å². The molecule has 5 heteroatoms. The number of rotatable bonds is 2. The molecule has 0 aliphatic rings. The number of aryl methyl sites for hydroxylation is 1. The van der Waals surface area contributed by atoms with Crippen molar-refractivity contribution in [1.29, 1.82) is 0 Å². The van der Waals surface area contributed by atoms with Crippen LogP contribution in [0.4, 0.5) is 8.78 Å². The van der Waals surface area contributed by atoms with Crippen molar-refractivity contribution >= 4 is 15.9 Å². The summed E-state index contributed by atoms with van der Waals surface area (Å²) in [5.41, 5.74) is 6.23. The molecule has 0 spiro atoms. The Balaban J connectivity index is 3.29. The van der Waals surface area contributed by atoms with E-state index in [1.54, 1.807) is 6.92 Å². The van der Waals surface area contributed by atoms with Gasteiger partial charge in [-0.3, -0.25) is 0 Å². The number of hydrogen-bond acceptors (Lipinski definition) is 2. The Morgan fingerprint density at radius 1 is 1.62 bits per heavy atom. The van der Waals surface area contributed by atoms with E-state index in [9.17, 15) is 8.78 Å². The molecule has 0 saturated carbocycles. The topological polar surface area (TPSA) is 38.9 Å². The second-order valence-corrected chi connectivity index (χ2v) is 3.38. The molecule has 2 nitrogen and oxygen atoms in total. The van der Waals surface area contributed by atoms with Gasteiger partial charge < -0.3 is 5.73 Å². The van der Waals surface area contributed by atoms with E-state index >= 15 is 0 Å². The average Bonchev–Trinajstić information content (AvgIpc) is 2.02. The lowest BCUT2D eigenvalue weighted by Gasteiger charge is -2.09. The normalized spacial score (nSPS) is 10.9. The quantitative estimate of drug-likeness (QED) is 0.820. The summed E-state index contributed by atoms with van der Waals surface area (Å²) in [5.74, 6) is 0. The molecule has 0 aliphatic heterocycles. The van der Waals surface area contributed by atoms with E-state index in [2.05, 4.69) is 20.9 Å². The van der Waals surface area contributed by atoms with Crippen LogP contribution in [0, 0.1) is 6.92 Å². The van der Waals surface area contributed by atoms with Crippen LogP contribution in [0.3, 0.4) is 0 Å². The van der Waals surface area contributed by atoms with Gasteiger partial charge in [0.25, 0.3) is 6.43 Å². The SMILES string of the molecule is Cc1cc(C(F)F)c(CN)c(Br)n1. The molecule has 0 amide bonds. The van der Waals surface area contributed by atoms with Gasteiger partial charge in [-0.25, -0.2) is 13.8 Å². The molecule has 0 saturated heterocycles. The van der Waals surface area contributed by atoms with Gasteiger partial charge in [0.1, 0.15) is 4.60 Å². The average molecular weight is 251 g/mol. The van der Waals surface area contributed by atoms with Crippen LogP contribution < -0.4 is 5.73 Å². The van der Waals surface area contributed by atoms with Crippen LogP contribution >= 0.6 is 15.9 Å². The van der Waals surface area contributed by atoms with E-state index in [4.69, 9.17) is 5.73 Å². The summed E-state index contributed by atoms with van der Waals surface area (Å²) in [6.07, 6.45) is -2.50. The maximum Gasteiger partial charge on any atom is 0.264 e. The number of nitrogens with zero attached hydrogens (tertiary/aromatic N) is 1. The predicted molar refractivity (Wildman–Crippen MR) is 49.5 cm³/mol. The van der Waals surface area contributed by atoms with Gasteiger partial charge in [0.2, 0.25) is 0 Å². The Bertz CT molecular complexity index is 315. The smallest absolute Gasteiger partial charge is 0.264 e. The van der Waals surface area contributed by atoms with E-state index in [1.807, 2.05) is 0 Å². The fourth-order valence-corrected chi connectivity index (χ4v) is 1.75. The summed E-state index contributed by atoms with van der Waals surface area (Å²) >= 11 is 3.10. The highest BCUT2D eigenvalue weighted by Gasteiger charge is 2.15. The molecule has 0 radical (unpaired) electrons. The standard InChI is InChI=1S/C8H9BrF2N2/c1-4-2-5(8(10)11)6(3-12)7(9)13-4/h2,8H,3,12H2,1H3. The zero-order valence-electron chi connectivity index (χ0n) is 7.02. The molecule has 1 heterocycles. The Hall–Kier alpha value is -0.550. The Morgan fingerprint density at radius 2 is 2.23 bits per heavy atom. The number of aromatic nitrogens is 1. The lowest BCUT2D eigenvalue weighted by molar-refractivity contribution is 0.150. The molecule has 1 rings (SSSR count). The van der Waals surface area contributed by atoms with E-state index in [0.717, 1.165) is 0 Å². The highest BCUT2D eigenvalue weighted by Crippen LogP contribution is 2.27. The molecular formula is C8H9BrF2N2. The van der Waals surface area contributed by atoms with Gasteiger partial charge in [-0.05, 0) is 28.9 Å². The van der Waals surface area contributed by atoms with Crippen LogP contribution in [-0.4, -0.2) is 4.98 Å². The van der Waals surface area contributed by atoms with Gasteiger partial charge >= 0.3 is 0 Å². The molecule has 1 aromatic rings. The minimum atomic E-state index is -2.50. The Kier molecular flexibility index (Phi) is 3.33. The van der Waals surface area contributed by atoms with Crippen molar-refractivity contribution in [3.63, 3.8) is 0 Å². The largest absolute Gasteiger partial charge is 0.326 e. The maximum absolute atomic E-state index is 12.5. The first-order chi connectivity index (χ1) is 6.06. The van der Waals surface area contributed by atoms with E-state index < -0.39 is 6.43 Å². The summed E-state index contributed by atoms with van der Waals surface area (Å²) in [6, 6.07) is 1.36. The minimum absolute atomic E-state index is 0.0399. The third-order valence-electron chi connectivity index (χ3n) is 1.68. The van der Waals surface area contributed by atoms with Gasteiger partial charge in [0.15, 0.2) is 0 Å². The summed E-state index contributed by atoms with van der Waals surface area (Å²) < 4.78 is 25.3. The first kappa shape index (κ1) is 10.5. The first-order valence-electron chi connectivity index (χ1n) is 3.70. The zero-order chi connectivity index (χ0) is 10.0. The molecule has 0 aliphatic carbocycles. The van der Waals surface area contributed by atoms with Crippen LogP contribution in [0.15, 0.2) is 10.7 Å². The fraction of sp³-hybridized carbons (Fsp3) is 0.375. The van der Waals surface area contributed by atoms with Crippen molar-refractivity contribution in [2.75, 3.05) is 0 Å². The first-order valence-corrected chi connectivity index (χ1v) is 4.49. The van der Waals surface area contributed by atoms with Gasteiger partial charge in [0, 0.05) is 23.4 Å². The van der Waals surface area contributed by atoms with Crippen LogP contribution in [-0.2, 0) is 6.54 Å². The summed E-state index contributed by atoms with van der Waals surface area (Å²) in [6.45, 7) is 1.73. The van der Waals surface area contributed by atoms with Crippen LogP contribution in [0.5, 0.6) is 0 Å². The van der Waals surface area contributed by atoms with Crippen molar-refractivity contribution in [2.24, 2.45) is 5.73 Å². The monoisotopic (exact) mass is 250 g/mol. The molecule has 72 valence electrons. The van der Waals surface area contributed by atoms with Crippen LogP contribution in [0.1, 0.15) is 23.2 Å². The molecule has 0 aromatic carbocycles. The number of hydrogen-bond donors (Lipinski definition) is 1. The molecule has 0 unspecified atom stereocenters. The molecule has 1 aromatic heterocycles. The second kappa shape index (κ2) is 4.11. The summed E-state index contributed by atoms with van der Waals surface area (Å²) in [7, 11) is 0. The number of pyridine rings is 1. The lowest BCUT2D eigenvalue weighted by atomic mass is 10.1. The van der Waals surface area contributed by atoms with E-state index in [-0.39, 0.29) is 12.1 Å². The molecule has 0 bridgehead atoms. The van der Waals surface area contributed by atoms with Crippen molar-refractivity contribution < 1.29 is 8.78 Å². The Morgan fingerprint density at radius 3 is 2.69 bits per heavy atom. The molecule has 2 N–H and O–H groups in total. The van der Waals surface area contributed by atoms with Gasteiger partial charge in [0.05, 0.1) is 0 Å².